The Hall–Kier alpha value is -1.33. The molecule has 20 heavy (non-hydrogen) atoms. The smallest absolute Gasteiger partial charge is 0.263 e. The molecule has 1 amide bonds. The molecule has 1 aromatic rings. The van der Waals surface area contributed by atoms with E-state index in [1.54, 1.807) is 11.8 Å². The van der Waals surface area contributed by atoms with Crippen molar-refractivity contribution in [1.29, 1.82) is 0 Å². The highest BCUT2D eigenvalue weighted by Gasteiger charge is 2.25. The van der Waals surface area contributed by atoms with Gasteiger partial charge in [-0.25, -0.2) is 4.39 Å². The molecular weight excluding hydrogens is 283 g/mol. The molecule has 2 rings (SSSR count). The number of benzene rings is 1. The molecule has 1 heterocycles. The minimum Gasteiger partial charge on any atom is -0.479 e. The molecule has 1 atom stereocenters. The van der Waals surface area contributed by atoms with Gasteiger partial charge in [-0.2, -0.15) is 0 Å². The molecule has 1 aromatic carbocycles. The Morgan fingerprint density at radius 1 is 1.35 bits per heavy atom. The summed E-state index contributed by atoms with van der Waals surface area (Å²) in [5, 5.41) is 0.169. The van der Waals surface area contributed by atoms with Gasteiger partial charge in [-0.05, 0) is 32.2 Å². The summed E-state index contributed by atoms with van der Waals surface area (Å²) < 4.78 is 18.5. The number of likely N-dealkylation sites (N-methyl/N-ethyl adjacent to an activating group) is 1. The highest BCUT2D eigenvalue weighted by molar-refractivity contribution is 6.32. The average Bonchev–Trinajstić information content (AvgIpc) is 2.42. The zero-order valence-corrected chi connectivity index (χ0v) is 12.4. The number of hydrogen-bond acceptors (Lipinski definition) is 3. The molecule has 0 bridgehead atoms. The second-order valence-corrected chi connectivity index (χ2v) is 5.37. The molecule has 1 fully saturated rings. The molecule has 110 valence electrons. The van der Waals surface area contributed by atoms with Crippen LogP contribution in [0.1, 0.15) is 6.92 Å². The molecule has 0 radical (unpaired) electrons. The van der Waals surface area contributed by atoms with E-state index in [0.29, 0.717) is 18.8 Å². The topological polar surface area (TPSA) is 32.8 Å². The molecule has 0 N–H and O–H groups in total. The molecular formula is C14H18ClFN2O2. The maximum Gasteiger partial charge on any atom is 0.263 e. The first-order valence-electron chi connectivity index (χ1n) is 6.56. The third kappa shape index (κ3) is 3.61. The summed E-state index contributed by atoms with van der Waals surface area (Å²) >= 11 is 5.89. The van der Waals surface area contributed by atoms with E-state index in [1.165, 1.54) is 18.2 Å². The highest BCUT2D eigenvalue weighted by Crippen LogP contribution is 2.26. The van der Waals surface area contributed by atoms with Crippen molar-refractivity contribution in [2.24, 2.45) is 0 Å². The molecule has 4 nitrogen and oxygen atoms in total. The van der Waals surface area contributed by atoms with Crippen LogP contribution in [0.15, 0.2) is 18.2 Å². The van der Waals surface area contributed by atoms with Gasteiger partial charge >= 0.3 is 0 Å². The summed E-state index contributed by atoms with van der Waals surface area (Å²) in [4.78, 5) is 16.2. The Kier molecular flexibility index (Phi) is 4.83. The maximum absolute atomic E-state index is 13.0. The fourth-order valence-electron chi connectivity index (χ4n) is 2.10. The first kappa shape index (κ1) is 15.1. The molecule has 0 unspecified atom stereocenters. The van der Waals surface area contributed by atoms with Gasteiger partial charge < -0.3 is 14.5 Å². The molecule has 1 aliphatic heterocycles. The van der Waals surface area contributed by atoms with Crippen LogP contribution in [0, 0.1) is 5.82 Å². The van der Waals surface area contributed by atoms with E-state index < -0.39 is 11.9 Å². The molecule has 1 saturated heterocycles. The van der Waals surface area contributed by atoms with E-state index in [1.807, 2.05) is 7.05 Å². The van der Waals surface area contributed by atoms with E-state index in [-0.39, 0.29) is 10.9 Å². The summed E-state index contributed by atoms with van der Waals surface area (Å²) in [5.74, 6) is -0.179. The standard InChI is InChI=1S/C14H18ClFN2O2/c1-10(14(19)18-7-5-17(2)6-8-18)20-13-4-3-11(16)9-12(13)15/h3-4,9-10H,5-8H2,1-2H3/t10-/m0/s1. The second kappa shape index (κ2) is 6.41. The lowest BCUT2D eigenvalue weighted by atomic mass is 10.2. The highest BCUT2D eigenvalue weighted by atomic mass is 35.5. The molecule has 6 heteroatoms. The number of nitrogens with zero attached hydrogens (tertiary/aromatic N) is 2. The van der Waals surface area contributed by atoms with Gasteiger partial charge in [0, 0.05) is 26.2 Å². The zero-order valence-electron chi connectivity index (χ0n) is 11.6. The number of hydrogen-bond donors (Lipinski definition) is 0. The fraction of sp³-hybridized carbons (Fsp3) is 0.500. The lowest BCUT2D eigenvalue weighted by Gasteiger charge is -2.33. The summed E-state index contributed by atoms with van der Waals surface area (Å²) in [7, 11) is 2.03. The number of rotatable bonds is 3. The third-order valence-corrected chi connectivity index (χ3v) is 3.66. The minimum absolute atomic E-state index is 0.0708. The first-order chi connectivity index (χ1) is 9.47. The number of carbonyl (C=O) groups excluding carboxylic acids is 1. The van der Waals surface area contributed by atoms with Gasteiger partial charge in [0.15, 0.2) is 6.10 Å². The average molecular weight is 301 g/mol. The monoisotopic (exact) mass is 300 g/mol. The first-order valence-corrected chi connectivity index (χ1v) is 6.94. The van der Waals surface area contributed by atoms with Crippen molar-refractivity contribution in [3.8, 4) is 5.75 Å². The minimum atomic E-state index is -0.638. The van der Waals surface area contributed by atoms with Crippen molar-refractivity contribution in [2.45, 2.75) is 13.0 Å². The fourth-order valence-corrected chi connectivity index (χ4v) is 2.31. The Balaban J connectivity index is 1.97. The van der Waals surface area contributed by atoms with E-state index in [4.69, 9.17) is 16.3 Å². The number of piperazine rings is 1. The zero-order chi connectivity index (χ0) is 14.7. The lowest BCUT2D eigenvalue weighted by Crippen LogP contribution is -2.50. The Morgan fingerprint density at radius 2 is 2.00 bits per heavy atom. The number of carbonyl (C=O) groups is 1. The predicted octanol–water partition coefficient (Wildman–Crippen LogP) is 2.02. The second-order valence-electron chi connectivity index (χ2n) is 4.96. The van der Waals surface area contributed by atoms with Crippen molar-refractivity contribution in [3.63, 3.8) is 0 Å². The van der Waals surface area contributed by atoms with Gasteiger partial charge in [0.1, 0.15) is 11.6 Å². The Labute approximate surface area is 123 Å². The van der Waals surface area contributed by atoms with Crippen LogP contribution in [0.5, 0.6) is 5.75 Å². The van der Waals surface area contributed by atoms with Crippen LogP contribution in [0.3, 0.4) is 0 Å². The molecule has 0 saturated carbocycles. The maximum atomic E-state index is 13.0. The van der Waals surface area contributed by atoms with E-state index in [0.717, 1.165) is 13.1 Å². The van der Waals surface area contributed by atoms with Gasteiger partial charge in [-0.3, -0.25) is 4.79 Å². The number of halogens is 2. The van der Waals surface area contributed by atoms with Crippen LogP contribution in [-0.2, 0) is 4.79 Å². The van der Waals surface area contributed by atoms with Gasteiger partial charge in [0.25, 0.3) is 5.91 Å². The summed E-state index contributed by atoms with van der Waals surface area (Å²) in [6.07, 6.45) is -0.638. The van der Waals surface area contributed by atoms with Crippen LogP contribution in [0.25, 0.3) is 0 Å². The molecule has 0 spiro atoms. The Morgan fingerprint density at radius 3 is 2.60 bits per heavy atom. The SMILES string of the molecule is C[C@H](Oc1ccc(F)cc1Cl)C(=O)N1CCN(C)CC1. The largest absolute Gasteiger partial charge is 0.479 e. The molecule has 0 aromatic heterocycles. The van der Waals surface area contributed by atoms with Gasteiger partial charge in [-0.15, -0.1) is 0 Å². The van der Waals surface area contributed by atoms with E-state index >= 15 is 0 Å². The van der Waals surface area contributed by atoms with Crippen LogP contribution < -0.4 is 4.74 Å². The van der Waals surface area contributed by atoms with Crippen LogP contribution in [0.4, 0.5) is 4.39 Å². The summed E-state index contributed by atoms with van der Waals surface area (Å²) in [6.45, 7) is 4.78. The Bertz CT molecular complexity index is 490. The van der Waals surface area contributed by atoms with Crippen molar-refractivity contribution in [2.75, 3.05) is 33.2 Å². The lowest BCUT2D eigenvalue weighted by molar-refractivity contribution is -0.139. The third-order valence-electron chi connectivity index (χ3n) is 3.36. The van der Waals surface area contributed by atoms with Crippen LogP contribution in [0.2, 0.25) is 5.02 Å². The van der Waals surface area contributed by atoms with Crippen LogP contribution >= 0.6 is 11.6 Å². The van der Waals surface area contributed by atoms with Crippen molar-refractivity contribution in [1.82, 2.24) is 9.80 Å². The predicted molar refractivity (Wildman–Crippen MR) is 75.6 cm³/mol. The van der Waals surface area contributed by atoms with Gasteiger partial charge in [0.05, 0.1) is 5.02 Å². The van der Waals surface area contributed by atoms with Crippen LogP contribution in [-0.4, -0.2) is 55.0 Å². The van der Waals surface area contributed by atoms with E-state index in [2.05, 4.69) is 4.90 Å². The van der Waals surface area contributed by atoms with E-state index in [9.17, 15) is 9.18 Å². The number of amides is 1. The van der Waals surface area contributed by atoms with Crippen molar-refractivity contribution < 1.29 is 13.9 Å². The van der Waals surface area contributed by atoms with Gasteiger partial charge in [-0.1, -0.05) is 11.6 Å². The van der Waals surface area contributed by atoms with Crippen molar-refractivity contribution >= 4 is 17.5 Å². The summed E-state index contributed by atoms with van der Waals surface area (Å²) in [6, 6.07) is 3.86. The molecule has 1 aliphatic rings. The van der Waals surface area contributed by atoms with Crippen molar-refractivity contribution in [3.05, 3.63) is 29.0 Å². The summed E-state index contributed by atoms with van der Waals surface area (Å²) in [5.41, 5.74) is 0. The quantitative estimate of drug-likeness (QED) is 0.856. The normalized spacial score (nSPS) is 17.9. The molecule has 0 aliphatic carbocycles. The number of ether oxygens (including phenoxy) is 1. The van der Waals surface area contributed by atoms with Gasteiger partial charge in [0.2, 0.25) is 0 Å².